The lowest BCUT2D eigenvalue weighted by Gasteiger charge is -2.15. The highest BCUT2D eigenvalue weighted by Gasteiger charge is 2.30. The molecule has 1 atom stereocenters. The monoisotopic (exact) mass is 208 g/mol. The van der Waals surface area contributed by atoms with Crippen LogP contribution in [0.2, 0.25) is 0 Å². The Balaban J connectivity index is 2.19. The van der Waals surface area contributed by atoms with Crippen molar-refractivity contribution in [3.8, 4) is 0 Å². The smallest absolute Gasteiger partial charge is 0.150 e. The minimum Gasteiger partial charge on any atom is -0.321 e. The number of aryl methyl sites for hydroxylation is 1. The first-order chi connectivity index (χ1) is 7.09. The minimum atomic E-state index is 0.0341. The number of aromatic nitrogens is 3. The Hall–Kier alpha value is -0.900. The molecule has 1 aromatic rings. The summed E-state index contributed by atoms with van der Waals surface area (Å²) in [5.74, 6) is 2.58. The molecule has 0 aromatic carbocycles. The van der Waals surface area contributed by atoms with Crippen LogP contribution in [0, 0.1) is 12.8 Å². The summed E-state index contributed by atoms with van der Waals surface area (Å²) in [6.45, 7) is 6.38. The van der Waals surface area contributed by atoms with Gasteiger partial charge in [0.25, 0.3) is 0 Å². The van der Waals surface area contributed by atoms with Crippen molar-refractivity contribution < 1.29 is 0 Å². The average molecular weight is 208 g/mol. The van der Waals surface area contributed by atoms with Crippen molar-refractivity contribution in [2.45, 2.75) is 52.1 Å². The highest BCUT2D eigenvalue weighted by molar-refractivity contribution is 5.05. The first kappa shape index (κ1) is 10.6. The summed E-state index contributed by atoms with van der Waals surface area (Å²) in [6.07, 6.45) is 3.48. The summed E-state index contributed by atoms with van der Waals surface area (Å²) in [5, 5.41) is 8.36. The second kappa shape index (κ2) is 3.93. The lowest BCUT2D eigenvalue weighted by atomic mass is 10.0. The lowest BCUT2D eigenvalue weighted by Crippen LogP contribution is -2.18. The number of rotatable bonds is 4. The van der Waals surface area contributed by atoms with E-state index >= 15 is 0 Å². The predicted molar refractivity (Wildman–Crippen MR) is 59.4 cm³/mol. The third-order valence-corrected chi connectivity index (χ3v) is 2.86. The van der Waals surface area contributed by atoms with Crippen LogP contribution in [0.3, 0.4) is 0 Å². The molecular formula is C11H20N4. The molecule has 0 saturated heterocycles. The van der Waals surface area contributed by atoms with Gasteiger partial charge in [0.1, 0.15) is 11.6 Å². The maximum absolute atomic E-state index is 6.15. The second-order valence-corrected chi connectivity index (χ2v) is 4.94. The van der Waals surface area contributed by atoms with Crippen molar-refractivity contribution in [3.63, 3.8) is 0 Å². The van der Waals surface area contributed by atoms with Crippen LogP contribution in [0.25, 0.3) is 0 Å². The molecule has 4 heteroatoms. The molecular weight excluding hydrogens is 188 g/mol. The summed E-state index contributed by atoms with van der Waals surface area (Å²) in [4.78, 5) is 0. The van der Waals surface area contributed by atoms with Crippen molar-refractivity contribution in [1.82, 2.24) is 14.8 Å². The molecule has 1 heterocycles. The van der Waals surface area contributed by atoms with Gasteiger partial charge in [0.2, 0.25) is 0 Å². The summed E-state index contributed by atoms with van der Waals surface area (Å²) in [7, 11) is 0. The molecule has 1 fully saturated rings. The summed E-state index contributed by atoms with van der Waals surface area (Å²) in [6, 6.07) is 0.653. The maximum atomic E-state index is 6.15. The van der Waals surface area contributed by atoms with E-state index in [2.05, 4.69) is 28.6 Å². The molecule has 2 rings (SSSR count). The Morgan fingerprint density at radius 3 is 2.60 bits per heavy atom. The van der Waals surface area contributed by atoms with Gasteiger partial charge in [0.15, 0.2) is 0 Å². The Morgan fingerprint density at radius 1 is 1.40 bits per heavy atom. The molecule has 0 aliphatic heterocycles. The first-order valence-corrected chi connectivity index (χ1v) is 5.76. The predicted octanol–water partition coefficient (Wildman–Crippen LogP) is 1.97. The molecule has 0 radical (unpaired) electrons. The van der Waals surface area contributed by atoms with Gasteiger partial charge in [-0.1, -0.05) is 13.8 Å². The molecule has 1 saturated carbocycles. The van der Waals surface area contributed by atoms with E-state index in [-0.39, 0.29) is 6.04 Å². The van der Waals surface area contributed by atoms with E-state index in [1.807, 2.05) is 6.92 Å². The molecule has 0 spiro atoms. The quantitative estimate of drug-likeness (QED) is 0.823. The van der Waals surface area contributed by atoms with Gasteiger partial charge >= 0.3 is 0 Å². The van der Waals surface area contributed by atoms with Crippen LogP contribution in [0.5, 0.6) is 0 Å². The SMILES string of the molecule is Cc1nnc(C(N)CC(C)C)n1C1CC1. The van der Waals surface area contributed by atoms with Crippen molar-refractivity contribution in [1.29, 1.82) is 0 Å². The fourth-order valence-electron chi connectivity index (χ4n) is 2.04. The highest BCUT2D eigenvalue weighted by atomic mass is 15.3. The van der Waals surface area contributed by atoms with E-state index in [0.717, 1.165) is 18.1 Å². The number of nitrogens with two attached hydrogens (primary N) is 1. The van der Waals surface area contributed by atoms with E-state index in [1.54, 1.807) is 0 Å². The summed E-state index contributed by atoms with van der Waals surface area (Å²) < 4.78 is 2.23. The third-order valence-electron chi connectivity index (χ3n) is 2.86. The fraction of sp³-hybridized carbons (Fsp3) is 0.818. The summed E-state index contributed by atoms with van der Waals surface area (Å²) in [5.41, 5.74) is 6.15. The Kier molecular flexibility index (Phi) is 2.78. The zero-order chi connectivity index (χ0) is 11.0. The molecule has 1 unspecified atom stereocenters. The summed E-state index contributed by atoms with van der Waals surface area (Å²) >= 11 is 0. The molecule has 2 N–H and O–H groups in total. The Morgan fingerprint density at radius 2 is 2.07 bits per heavy atom. The van der Waals surface area contributed by atoms with Gasteiger partial charge < -0.3 is 10.3 Å². The molecule has 84 valence electrons. The minimum absolute atomic E-state index is 0.0341. The van der Waals surface area contributed by atoms with Gasteiger partial charge in [-0.05, 0) is 32.1 Å². The molecule has 1 aliphatic carbocycles. The van der Waals surface area contributed by atoms with Crippen LogP contribution in [0.15, 0.2) is 0 Å². The van der Waals surface area contributed by atoms with Gasteiger partial charge in [-0.3, -0.25) is 0 Å². The van der Waals surface area contributed by atoms with E-state index in [1.165, 1.54) is 12.8 Å². The number of nitrogens with zero attached hydrogens (tertiary/aromatic N) is 3. The Labute approximate surface area is 90.9 Å². The normalized spacial score (nSPS) is 18.5. The molecule has 4 nitrogen and oxygen atoms in total. The van der Waals surface area contributed by atoms with Gasteiger partial charge in [-0.15, -0.1) is 10.2 Å². The zero-order valence-electron chi connectivity index (χ0n) is 9.77. The van der Waals surface area contributed by atoms with Crippen LogP contribution >= 0.6 is 0 Å². The van der Waals surface area contributed by atoms with Crippen LogP contribution in [0.1, 0.15) is 56.8 Å². The van der Waals surface area contributed by atoms with Gasteiger partial charge in [-0.2, -0.15) is 0 Å². The average Bonchev–Trinajstić information content (AvgIpc) is 2.89. The van der Waals surface area contributed by atoms with Crippen LogP contribution in [-0.2, 0) is 0 Å². The van der Waals surface area contributed by atoms with Gasteiger partial charge in [-0.25, -0.2) is 0 Å². The molecule has 1 aromatic heterocycles. The van der Waals surface area contributed by atoms with Crippen LogP contribution in [-0.4, -0.2) is 14.8 Å². The largest absolute Gasteiger partial charge is 0.321 e. The second-order valence-electron chi connectivity index (χ2n) is 4.94. The topological polar surface area (TPSA) is 56.7 Å². The maximum Gasteiger partial charge on any atom is 0.150 e. The first-order valence-electron chi connectivity index (χ1n) is 5.76. The van der Waals surface area contributed by atoms with Gasteiger partial charge in [0, 0.05) is 6.04 Å². The zero-order valence-corrected chi connectivity index (χ0v) is 9.77. The highest BCUT2D eigenvalue weighted by Crippen LogP contribution is 2.37. The van der Waals surface area contributed by atoms with Crippen LogP contribution in [0.4, 0.5) is 0 Å². The molecule has 15 heavy (non-hydrogen) atoms. The molecule has 1 aliphatic rings. The van der Waals surface area contributed by atoms with E-state index < -0.39 is 0 Å². The van der Waals surface area contributed by atoms with E-state index in [9.17, 15) is 0 Å². The fourth-order valence-corrected chi connectivity index (χ4v) is 2.04. The van der Waals surface area contributed by atoms with Crippen molar-refractivity contribution in [2.75, 3.05) is 0 Å². The molecule has 0 amide bonds. The number of hydrogen-bond donors (Lipinski definition) is 1. The van der Waals surface area contributed by atoms with Gasteiger partial charge in [0.05, 0.1) is 6.04 Å². The number of hydrogen-bond acceptors (Lipinski definition) is 3. The Bertz CT molecular complexity index is 338. The standard InChI is InChI=1S/C11H20N4/c1-7(2)6-10(12)11-14-13-8(3)15(11)9-4-5-9/h7,9-10H,4-6,12H2,1-3H3. The third kappa shape index (κ3) is 2.20. The van der Waals surface area contributed by atoms with E-state index in [4.69, 9.17) is 5.73 Å². The van der Waals surface area contributed by atoms with Crippen molar-refractivity contribution in [3.05, 3.63) is 11.6 Å². The van der Waals surface area contributed by atoms with Crippen LogP contribution < -0.4 is 5.73 Å². The lowest BCUT2D eigenvalue weighted by molar-refractivity contribution is 0.473. The van der Waals surface area contributed by atoms with Crippen molar-refractivity contribution in [2.24, 2.45) is 11.7 Å². The van der Waals surface area contributed by atoms with E-state index in [0.29, 0.717) is 12.0 Å². The molecule has 0 bridgehead atoms. The van der Waals surface area contributed by atoms with Crippen molar-refractivity contribution >= 4 is 0 Å².